The molecule has 1 aromatic carbocycles. The summed E-state index contributed by atoms with van der Waals surface area (Å²) in [6, 6.07) is 1.73. The van der Waals surface area contributed by atoms with Crippen molar-refractivity contribution >= 4 is 34.2 Å². The summed E-state index contributed by atoms with van der Waals surface area (Å²) in [6.07, 6.45) is 1.64. The molecule has 2 rings (SSSR count). The molecule has 0 aliphatic heterocycles. The number of hydrogen-bond donors (Lipinski definition) is 2. The number of nitro groups is 1. The van der Waals surface area contributed by atoms with Crippen molar-refractivity contribution in [1.29, 1.82) is 0 Å². The first-order valence-corrected chi connectivity index (χ1v) is 6.09. The Morgan fingerprint density at radius 2 is 2.25 bits per heavy atom. The van der Waals surface area contributed by atoms with E-state index in [1.54, 1.807) is 23.9 Å². The molecule has 0 radical (unpaired) electrons. The molecule has 0 saturated heterocycles. The van der Waals surface area contributed by atoms with Crippen LogP contribution in [0.1, 0.15) is 5.56 Å². The van der Waals surface area contributed by atoms with Gasteiger partial charge in [0.25, 0.3) is 5.69 Å². The Morgan fingerprint density at radius 1 is 1.60 bits per heavy atom. The van der Waals surface area contributed by atoms with Gasteiger partial charge in [0.15, 0.2) is 0 Å². The lowest BCUT2D eigenvalue weighted by molar-refractivity contribution is -0.383. The molecule has 7 nitrogen and oxygen atoms in total. The number of fused-ring (bicyclic) bond motifs is 1. The molecule has 20 heavy (non-hydrogen) atoms. The van der Waals surface area contributed by atoms with E-state index in [0.29, 0.717) is 16.5 Å². The Bertz CT molecular complexity index is 710. The van der Waals surface area contributed by atoms with Crippen LogP contribution in [0.2, 0.25) is 5.02 Å². The first-order chi connectivity index (χ1) is 9.31. The number of nitrogens with zero attached hydrogens (tertiary/aromatic N) is 2. The predicted molar refractivity (Wildman–Crippen MR) is 73.9 cm³/mol. The number of hydrogen-bond acceptors (Lipinski definition) is 4. The molecule has 0 aliphatic carbocycles. The summed E-state index contributed by atoms with van der Waals surface area (Å²) in [6.45, 7) is 0. The minimum Gasteiger partial charge on any atom is -0.480 e. The van der Waals surface area contributed by atoms with Gasteiger partial charge in [-0.05, 0) is 11.6 Å². The third-order valence-corrected chi connectivity index (χ3v) is 3.28. The Morgan fingerprint density at radius 3 is 2.80 bits per heavy atom. The van der Waals surface area contributed by atoms with Gasteiger partial charge in [0, 0.05) is 30.8 Å². The normalized spacial score (nSPS) is 12.6. The second-order valence-electron chi connectivity index (χ2n) is 4.49. The van der Waals surface area contributed by atoms with Gasteiger partial charge in [-0.1, -0.05) is 11.6 Å². The van der Waals surface area contributed by atoms with E-state index in [1.165, 1.54) is 6.07 Å². The Kier molecular flexibility index (Phi) is 3.65. The topological polar surface area (TPSA) is 111 Å². The van der Waals surface area contributed by atoms with Crippen molar-refractivity contribution in [2.75, 3.05) is 0 Å². The quantitative estimate of drug-likeness (QED) is 0.659. The summed E-state index contributed by atoms with van der Waals surface area (Å²) < 4.78 is 1.66. The monoisotopic (exact) mass is 297 g/mol. The van der Waals surface area contributed by atoms with E-state index in [0.717, 1.165) is 0 Å². The maximum Gasteiger partial charge on any atom is 0.320 e. The van der Waals surface area contributed by atoms with Gasteiger partial charge in [-0.25, -0.2) is 0 Å². The molecule has 1 heterocycles. The van der Waals surface area contributed by atoms with Crippen molar-refractivity contribution in [1.82, 2.24) is 4.57 Å². The molecule has 0 bridgehead atoms. The van der Waals surface area contributed by atoms with Crippen molar-refractivity contribution in [3.63, 3.8) is 0 Å². The fourth-order valence-electron chi connectivity index (χ4n) is 2.18. The zero-order valence-electron chi connectivity index (χ0n) is 10.5. The number of non-ortho nitro benzene ring substituents is 1. The Labute approximate surface area is 118 Å². The van der Waals surface area contributed by atoms with Gasteiger partial charge in [0.05, 0.1) is 15.8 Å². The summed E-state index contributed by atoms with van der Waals surface area (Å²) in [5, 5.41) is 20.6. The number of benzene rings is 1. The molecule has 1 aromatic heterocycles. The molecule has 2 aromatic rings. The highest BCUT2D eigenvalue weighted by atomic mass is 35.5. The number of nitrogens with two attached hydrogens (primary N) is 1. The maximum absolute atomic E-state index is 11.1. The zero-order chi connectivity index (χ0) is 15.0. The van der Waals surface area contributed by atoms with Crippen LogP contribution in [0.3, 0.4) is 0 Å². The second kappa shape index (κ2) is 5.10. The van der Waals surface area contributed by atoms with Gasteiger partial charge in [-0.3, -0.25) is 14.9 Å². The SMILES string of the molecule is Cn1cc(CC(N)C(=O)O)c2c([N+](=O)[O-])cc(Cl)cc21. The van der Waals surface area contributed by atoms with Crippen LogP contribution in [0.15, 0.2) is 18.3 Å². The van der Waals surface area contributed by atoms with Crippen LogP contribution >= 0.6 is 11.6 Å². The summed E-state index contributed by atoms with van der Waals surface area (Å²) in [5.41, 5.74) is 6.43. The summed E-state index contributed by atoms with van der Waals surface area (Å²) in [7, 11) is 1.71. The molecular formula is C12H12ClN3O4. The van der Waals surface area contributed by atoms with E-state index < -0.39 is 16.9 Å². The molecule has 0 fully saturated rings. The van der Waals surface area contributed by atoms with E-state index in [4.69, 9.17) is 22.4 Å². The molecule has 3 N–H and O–H groups in total. The van der Waals surface area contributed by atoms with E-state index in [1.807, 2.05) is 0 Å². The smallest absolute Gasteiger partial charge is 0.320 e. The largest absolute Gasteiger partial charge is 0.480 e. The summed E-state index contributed by atoms with van der Waals surface area (Å²) in [4.78, 5) is 21.4. The van der Waals surface area contributed by atoms with Crippen molar-refractivity contribution in [2.45, 2.75) is 12.5 Å². The van der Waals surface area contributed by atoms with Crippen molar-refractivity contribution in [3.8, 4) is 0 Å². The molecule has 1 unspecified atom stereocenters. The van der Waals surface area contributed by atoms with Crippen LogP contribution in [-0.4, -0.2) is 26.6 Å². The summed E-state index contributed by atoms with van der Waals surface area (Å²) in [5.74, 6) is -1.15. The average molecular weight is 298 g/mol. The minimum absolute atomic E-state index is 0.00907. The molecule has 8 heteroatoms. The number of halogens is 1. The van der Waals surface area contributed by atoms with Gasteiger partial charge < -0.3 is 15.4 Å². The number of aromatic nitrogens is 1. The van der Waals surface area contributed by atoms with Crippen LogP contribution in [-0.2, 0) is 18.3 Å². The standard InChI is InChI=1S/C12H12ClN3O4/c1-15-5-6(2-8(14)12(17)18)11-9(15)3-7(13)4-10(11)16(19)20/h3-5,8H,2,14H2,1H3,(H,17,18). The maximum atomic E-state index is 11.1. The number of nitro benzene ring substituents is 1. The van der Waals surface area contributed by atoms with Crippen LogP contribution in [0.25, 0.3) is 10.9 Å². The molecule has 0 amide bonds. The first-order valence-electron chi connectivity index (χ1n) is 5.71. The van der Waals surface area contributed by atoms with Crippen molar-refractivity contribution in [3.05, 3.63) is 39.0 Å². The lowest BCUT2D eigenvalue weighted by atomic mass is 10.0. The zero-order valence-corrected chi connectivity index (χ0v) is 11.3. The Balaban J connectivity index is 2.67. The molecule has 1 atom stereocenters. The van der Waals surface area contributed by atoms with Gasteiger partial charge in [0.2, 0.25) is 0 Å². The lowest BCUT2D eigenvalue weighted by Gasteiger charge is -2.05. The molecule has 0 aliphatic rings. The van der Waals surface area contributed by atoms with Gasteiger partial charge >= 0.3 is 5.97 Å². The minimum atomic E-state index is -1.15. The molecule has 0 spiro atoms. The van der Waals surface area contributed by atoms with E-state index in [-0.39, 0.29) is 17.1 Å². The number of rotatable bonds is 4. The number of carbonyl (C=O) groups is 1. The van der Waals surface area contributed by atoms with Crippen LogP contribution in [0.4, 0.5) is 5.69 Å². The van der Waals surface area contributed by atoms with Crippen LogP contribution in [0.5, 0.6) is 0 Å². The third-order valence-electron chi connectivity index (χ3n) is 3.07. The van der Waals surface area contributed by atoms with E-state index in [9.17, 15) is 14.9 Å². The van der Waals surface area contributed by atoms with Crippen LogP contribution < -0.4 is 5.73 Å². The van der Waals surface area contributed by atoms with Crippen molar-refractivity contribution < 1.29 is 14.8 Å². The van der Waals surface area contributed by atoms with Gasteiger partial charge in [-0.15, -0.1) is 0 Å². The summed E-state index contributed by atoms with van der Waals surface area (Å²) >= 11 is 5.87. The molecule has 0 saturated carbocycles. The number of carboxylic acids is 1. The second-order valence-corrected chi connectivity index (χ2v) is 4.93. The van der Waals surface area contributed by atoms with Crippen LogP contribution in [0, 0.1) is 10.1 Å². The number of carboxylic acid groups (broad SMARTS) is 1. The van der Waals surface area contributed by atoms with Gasteiger partial charge in [0.1, 0.15) is 6.04 Å². The lowest BCUT2D eigenvalue weighted by Crippen LogP contribution is -2.32. The fraction of sp³-hybridized carbons (Fsp3) is 0.250. The van der Waals surface area contributed by atoms with Crippen molar-refractivity contribution in [2.24, 2.45) is 12.8 Å². The predicted octanol–water partition coefficient (Wildman–Crippen LogP) is 1.69. The fourth-order valence-corrected chi connectivity index (χ4v) is 2.38. The molecule has 106 valence electrons. The number of aryl methyl sites for hydroxylation is 1. The van der Waals surface area contributed by atoms with E-state index >= 15 is 0 Å². The highest BCUT2D eigenvalue weighted by molar-refractivity contribution is 6.31. The van der Waals surface area contributed by atoms with E-state index in [2.05, 4.69) is 0 Å². The molecular weight excluding hydrogens is 286 g/mol. The average Bonchev–Trinajstić information content (AvgIpc) is 2.65. The first kappa shape index (κ1) is 14.3. The highest BCUT2D eigenvalue weighted by Crippen LogP contribution is 2.33. The third kappa shape index (κ3) is 2.45. The Hall–Kier alpha value is -2.12. The number of aliphatic carboxylic acids is 1. The highest BCUT2D eigenvalue weighted by Gasteiger charge is 2.22. The van der Waals surface area contributed by atoms with Gasteiger partial charge in [-0.2, -0.15) is 0 Å².